The predicted molar refractivity (Wildman–Crippen MR) is 111 cm³/mol. The third kappa shape index (κ3) is 3.11. The van der Waals surface area contributed by atoms with Crippen LogP contribution in [0.2, 0.25) is 0 Å². The molecule has 30 heavy (non-hydrogen) atoms. The number of ether oxygens (including phenoxy) is 2. The summed E-state index contributed by atoms with van der Waals surface area (Å²) in [5, 5.41) is 38.6. The molecule has 1 fully saturated rings. The molecule has 1 aliphatic carbocycles. The van der Waals surface area contributed by atoms with Crippen LogP contribution in [-0.4, -0.2) is 44.0 Å². The first-order chi connectivity index (χ1) is 14.4. The fourth-order valence-corrected chi connectivity index (χ4v) is 4.66. The summed E-state index contributed by atoms with van der Waals surface area (Å²) < 4.78 is 10.9. The van der Waals surface area contributed by atoms with E-state index in [2.05, 4.69) is 37.0 Å². The Morgan fingerprint density at radius 1 is 1.17 bits per heavy atom. The van der Waals surface area contributed by atoms with E-state index in [4.69, 9.17) is 14.9 Å². The van der Waals surface area contributed by atoms with Crippen LogP contribution in [0, 0.1) is 56.7 Å². The van der Waals surface area contributed by atoms with Crippen LogP contribution < -0.4 is 9.47 Å². The first-order valence-electron chi connectivity index (χ1n) is 9.86. The molecule has 0 aromatic heterocycles. The van der Waals surface area contributed by atoms with Gasteiger partial charge in [-0.3, -0.25) is 4.90 Å². The van der Waals surface area contributed by atoms with Gasteiger partial charge in [-0.15, -0.1) is 0 Å². The molecule has 1 heterocycles. The monoisotopic (exact) mass is 403 g/mol. The van der Waals surface area contributed by atoms with Crippen LogP contribution >= 0.6 is 0 Å². The second-order valence-electron chi connectivity index (χ2n) is 7.94. The van der Waals surface area contributed by atoms with E-state index in [0.717, 1.165) is 5.56 Å². The highest BCUT2D eigenvalue weighted by molar-refractivity contribution is 6.01. The van der Waals surface area contributed by atoms with Crippen molar-refractivity contribution in [1.82, 2.24) is 4.90 Å². The molecule has 0 radical (unpaired) electrons. The van der Waals surface area contributed by atoms with Gasteiger partial charge in [-0.25, -0.2) is 0 Å². The van der Waals surface area contributed by atoms with Crippen molar-refractivity contribution in [2.75, 3.05) is 27.3 Å². The van der Waals surface area contributed by atoms with Crippen LogP contribution in [-0.2, 0) is 0 Å². The van der Waals surface area contributed by atoms with E-state index in [1.165, 1.54) is 0 Å². The van der Waals surface area contributed by atoms with Crippen LogP contribution in [0.5, 0.6) is 11.5 Å². The number of benzene rings is 1. The Bertz CT molecular complexity index is 994. The molecule has 1 saturated carbocycles. The smallest absolute Gasteiger partial charge is 0.203 e. The number of hydrogen-bond donors (Lipinski definition) is 1. The second kappa shape index (κ2) is 8.19. The van der Waals surface area contributed by atoms with Crippen LogP contribution in [0.25, 0.3) is 0 Å². The summed E-state index contributed by atoms with van der Waals surface area (Å²) in [7, 11) is 3.13. The maximum Gasteiger partial charge on any atom is 0.203 e. The SMILES string of the molecule is COc1ccc(C2C(C#N)C(=N)C(C#N)(C#N)C3=CCN(C(C)C)CC32)c(OC)c1. The Labute approximate surface area is 177 Å². The molecule has 0 bridgehead atoms. The Morgan fingerprint density at radius 2 is 1.87 bits per heavy atom. The molecule has 7 nitrogen and oxygen atoms in total. The summed E-state index contributed by atoms with van der Waals surface area (Å²) in [6.45, 7) is 5.39. The third-order valence-electron chi connectivity index (χ3n) is 6.32. The zero-order valence-electron chi connectivity index (χ0n) is 17.6. The second-order valence-corrected chi connectivity index (χ2v) is 7.94. The van der Waals surface area contributed by atoms with Gasteiger partial charge in [0.2, 0.25) is 5.41 Å². The topological polar surface area (TPSA) is 117 Å². The van der Waals surface area contributed by atoms with Gasteiger partial charge in [0.1, 0.15) is 11.5 Å². The van der Waals surface area contributed by atoms with E-state index in [-0.39, 0.29) is 17.7 Å². The fourth-order valence-electron chi connectivity index (χ4n) is 4.66. The summed E-state index contributed by atoms with van der Waals surface area (Å²) in [5.41, 5.74) is -0.452. The Hall–Kier alpha value is -3.34. The van der Waals surface area contributed by atoms with E-state index in [9.17, 15) is 15.8 Å². The summed E-state index contributed by atoms with van der Waals surface area (Å²) in [4.78, 5) is 2.25. The maximum absolute atomic E-state index is 10.0. The van der Waals surface area contributed by atoms with Crippen LogP contribution in [0.4, 0.5) is 0 Å². The number of nitrogens with one attached hydrogen (secondary N) is 1. The highest BCUT2D eigenvalue weighted by Gasteiger charge is 2.57. The summed E-state index contributed by atoms with van der Waals surface area (Å²) in [5.74, 6) is -0.398. The molecular weight excluding hydrogens is 378 g/mol. The number of nitriles is 3. The van der Waals surface area contributed by atoms with E-state index in [1.807, 2.05) is 12.1 Å². The molecule has 154 valence electrons. The van der Waals surface area contributed by atoms with Crippen molar-refractivity contribution in [3.63, 3.8) is 0 Å². The van der Waals surface area contributed by atoms with Gasteiger partial charge in [-0.1, -0.05) is 12.1 Å². The minimum atomic E-state index is -1.70. The van der Waals surface area contributed by atoms with Gasteiger partial charge < -0.3 is 14.9 Å². The molecule has 0 amide bonds. The summed E-state index contributed by atoms with van der Waals surface area (Å²) >= 11 is 0. The van der Waals surface area contributed by atoms with Crippen molar-refractivity contribution < 1.29 is 9.47 Å². The minimum Gasteiger partial charge on any atom is -0.497 e. The standard InChI is InChI=1S/C23H25N5O2/c1-14(2)28-8-7-19-18(11-28)21(16-6-5-15(29-3)9-20(16)30-4)17(10-24)22(27)23(19,12-25)13-26/h5-7,9,14,17-18,21,27H,8,11H2,1-4H3. The van der Waals surface area contributed by atoms with Crippen molar-refractivity contribution in [3.8, 4) is 29.7 Å². The largest absolute Gasteiger partial charge is 0.497 e. The molecule has 7 heteroatoms. The normalized spacial score (nSPS) is 25.3. The van der Waals surface area contributed by atoms with Crippen molar-refractivity contribution in [2.45, 2.75) is 25.8 Å². The van der Waals surface area contributed by atoms with E-state index < -0.39 is 17.3 Å². The first kappa shape index (κ1) is 21.4. The molecule has 3 atom stereocenters. The van der Waals surface area contributed by atoms with E-state index >= 15 is 0 Å². The first-order valence-corrected chi connectivity index (χ1v) is 9.86. The lowest BCUT2D eigenvalue weighted by molar-refractivity contribution is 0.174. The number of nitrogens with zero attached hydrogens (tertiary/aromatic N) is 4. The maximum atomic E-state index is 10.0. The van der Waals surface area contributed by atoms with Gasteiger partial charge >= 0.3 is 0 Å². The van der Waals surface area contributed by atoms with Crippen LogP contribution in [0.15, 0.2) is 29.8 Å². The third-order valence-corrected chi connectivity index (χ3v) is 6.32. The quantitative estimate of drug-likeness (QED) is 0.771. The van der Waals surface area contributed by atoms with Gasteiger partial charge in [-0.05, 0) is 31.1 Å². The molecule has 1 N–H and O–H groups in total. The predicted octanol–water partition coefficient (Wildman–Crippen LogP) is 3.26. The lowest BCUT2D eigenvalue weighted by Crippen LogP contribution is -2.53. The van der Waals surface area contributed by atoms with Gasteiger partial charge in [0.05, 0.1) is 44.1 Å². The zero-order valence-corrected chi connectivity index (χ0v) is 17.6. The highest BCUT2D eigenvalue weighted by Crippen LogP contribution is 2.54. The van der Waals surface area contributed by atoms with Gasteiger partial charge in [-0.2, -0.15) is 15.8 Å². The molecule has 3 unspecified atom stereocenters. The van der Waals surface area contributed by atoms with Crippen LogP contribution in [0.3, 0.4) is 0 Å². The van der Waals surface area contributed by atoms with Crippen molar-refractivity contribution in [2.24, 2.45) is 17.3 Å². The molecule has 0 spiro atoms. The van der Waals surface area contributed by atoms with Gasteiger partial charge in [0.25, 0.3) is 0 Å². The molecule has 2 aliphatic rings. The minimum absolute atomic E-state index is 0.154. The number of rotatable bonds is 4. The Balaban J connectivity index is 2.25. The zero-order chi connectivity index (χ0) is 22.1. The van der Waals surface area contributed by atoms with Gasteiger partial charge in [0.15, 0.2) is 0 Å². The lowest BCUT2D eigenvalue weighted by Gasteiger charge is -2.48. The highest BCUT2D eigenvalue weighted by atomic mass is 16.5. The molecule has 1 aromatic carbocycles. The van der Waals surface area contributed by atoms with E-state index in [0.29, 0.717) is 30.2 Å². The van der Waals surface area contributed by atoms with Crippen molar-refractivity contribution in [1.29, 1.82) is 21.2 Å². The average Bonchev–Trinajstić information content (AvgIpc) is 2.78. The number of methoxy groups -OCH3 is 2. The van der Waals surface area contributed by atoms with Crippen molar-refractivity contribution >= 4 is 5.71 Å². The molecule has 1 aliphatic heterocycles. The van der Waals surface area contributed by atoms with E-state index in [1.54, 1.807) is 26.4 Å². The van der Waals surface area contributed by atoms with Crippen LogP contribution in [0.1, 0.15) is 25.3 Å². The molecule has 3 rings (SSSR count). The fraction of sp³-hybridized carbons (Fsp3) is 0.478. The van der Waals surface area contributed by atoms with Crippen molar-refractivity contribution in [3.05, 3.63) is 35.4 Å². The Morgan fingerprint density at radius 3 is 2.40 bits per heavy atom. The summed E-state index contributed by atoms with van der Waals surface area (Å²) in [6, 6.07) is 12.0. The molecule has 1 aromatic rings. The Kier molecular flexibility index (Phi) is 5.83. The van der Waals surface area contributed by atoms with Gasteiger partial charge in [0, 0.05) is 37.0 Å². The lowest BCUT2D eigenvalue weighted by atomic mass is 9.55. The molecule has 0 saturated heterocycles. The number of fused-ring (bicyclic) bond motifs is 1. The molecular formula is C23H25N5O2. The summed E-state index contributed by atoms with van der Waals surface area (Å²) in [6.07, 6.45) is 1.91. The number of hydrogen-bond acceptors (Lipinski definition) is 7. The average molecular weight is 403 g/mol.